The van der Waals surface area contributed by atoms with Gasteiger partial charge in [-0.05, 0) is 56.8 Å². The number of likely N-dealkylation sites (tertiary alicyclic amines) is 1. The lowest BCUT2D eigenvalue weighted by atomic mass is 9.94. The number of nitrogens with zero attached hydrogens (tertiary/aromatic N) is 3. The molecule has 4 heterocycles. The fourth-order valence-corrected chi connectivity index (χ4v) is 4.53. The second kappa shape index (κ2) is 8.62. The molecule has 1 amide bonds. The first-order chi connectivity index (χ1) is 13.6. The number of carbonyl (C=O) groups is 1. The molecule has 2 aromatic rings. The van der Waals surface area contributed by atoms with E-state index in [2.05, 4.69) is 29.0 Å². The largest absolute Gasteiger partial charge is 0.381 e. The summed E-state index contributed by atoms with van der Waals surface area (Å²) < 4.78 is 7.52. The molecule has 0 aliphatic carbocycles. The Kier molecular flexibility index (Phi) is 5.97. The Hall–Kier alpha value is -1.92. The third kappa shape index (κ3) is 4.08. The molecule has 0 radical (unpaired) electrons. The summed E-state index contributed by atoms with van der Waals surface area (Å²) in [7, 11) is 0. The number of carbonyl (C=O) groups excluding carboxylic acids is 1. The van der Waals surface area contributed by atoms with E-state index in [1.807, 2.05) is 28.8 Å². The van der Waals surface area contributed by atoms with E-state index in [0.29, 0.717) is 17.7 Å². The highest BCUT2D eigenvalue weighted by atomic mass is 16.5. The van der Waals surface area contributed by atoms with Gasteiger partial charge in [0.1, 0.15) is 5.82 Å². The molecule has 4 rings (SSSR count). The molecule has 1 N–H and O–H groups in total. The molecule has 28 heavy (non-hydrogen) atoms. The van der Waals surface area contributed by atoms with Gasteiger partial charge in [0.15, 0.2) is 5.69 Å². The van der Waals surface area contributed by atoms with Crippen molar-refractivity contribution in [1.29, 1.82) is 0 Å². The van der Waals surface area contributed by atoms with E-state index in [-0.39, 0.29) is 11.8 Å². The molecule has 0 spiro atoms. The molecule has 2 saturated heterocycles. The van der Waals surface area contributed by atoms with Gasteiger partial charge in [-0.15, -0.1) is 0 Å². The van der Waals surface area contributed by atoms with Crippen molar-refractivity contribution >= 4 is 11.4 Å². The number of ether oxygens (including phenoxy) is 1. The van der Waals surface area contributed by atoms with E-state index in [1.165, 1.54) is 0 Å². The fourth-order valence-electron chi connectivity index (χ4n) is 4.53. The third-order valence-corrected chi connectivity index (χ3v) is 6.21. The number of piperidine rings is 1. The van der Waals surface area contributed by atoms with Crippen molar-refractivity contribution in [2.75, 3.05) is 32.8 Å². The molecule has 152 valence electrons. The van der Waals surface area contributed by atoms with E-state index in [9.17, 15) is 4.79 Å². The number of nitrogens with one attached hydrogen (secondary N) is 1. The van der Waals surface area contributed by atoms with Crippen LogP contribution in [0, 0.1) is 5.92 Å². The van der Waals surface area contributed by atoms with Crippen LogP contribution >= 0.6 is 0 Å². The molecule has 6 heteroatoms. The first kappa shape index (κ1) is 19.4. The highest BCUT2D eigenvalue weighted by Crippen LogP contribution is 2.23. The van der Waals surface area contributed by atoms with E-state index in [1.54, 1.807) is 0 Å². The number of rotatable bonds is 5. The lowest BCUT2D eigenvalue weighted by Gasteiger charge is -2.39. The maximum atomic E-state index is 12.8. The number of hydrogen-bond acceptors (Lipinski definition) is 4. The molecule has 0 unspecified atom stereocenters. The van der Waals surface area contributed by atoms with Gasteiger partial charge in [-0.3, -0.25) is 4.79 Å². The first-order valence-electron chi connectivity index (χ1n) is 10.7. The second-order valence-corrected chi connectivity index (χ2v) is 8.46. The molecule has 2 aliphatic heterocycles. The highest BCUT2D eigenvalue weighted by Gasteiger charge is 2.27. The minimum absolute atomic E-state index is 0.0533. The summed E-state index contributed by atoms with van der Waals surface area (Å²) in [5.41, 5.74) is 1.43. The topological polar surface area (TPSA) is 58.9 Å². The van der Waals surface area contributed by atoms with Crippen molar-refractivity contribution < 1.29 is 9.53 Å². The van der Waals surface area contributed by atoms with Crippen molar-refractivity contribution in [3.63, 3.8) is 0 Å². The number of aromatic nitrogens is 2. The van der Waals surface area contributed by atoms with Gasteiger partial charge < -0.3 is 19.4 Å². The summed E-state index contributed by atoms with van der Waals surface area (Å²) in [6.45, 7) is 9.02. The zero-order valence-electron chi connectivity index (χ0n) is 17.1. The third-order valence-electron chi connectivity index (χ3n) is 6.21. The van der Waals surface area contributed by atoms with Crippen LogP contribution in [0.5, 0.6) is 0 Å². The molecule has 0 saturated carbocycles. The van der Waals surface area contributed by atoms with Crippen LogP contribution in [0.15, 0.2) is 24.4 Å². The quantitative estimate of drug-likeness (QED) is 0.861. The zero-order valence-corrected chi connectivity index (χ0v) is 17.1. The summed E-state index contributed by atoms with van der Waals surface area (Å²) in [6, 6.07) is 6.61. The molecule has 0 aromatic carbocycles. The van der Waals surface area contributed by atoms with Crippen LogP contribution < -0.4 is 5.32 Å². The summed E-state index contributed by atoms with van der Waals surface area (Å²) in [4.78, 5) is 20.1. The standard InChI is InChI=1S/C22H32N4O2/c1-16(2)21-24-20(19-5-3-4-10-26(19)21)22(27)23-15-17-6-11-25(12-7-17)18-8-13-28-14-9-18/h3-5,10,16-18H,6-9,11-15H2,1-2H3,(H,23,27). The first-order valence-corrected chi connectivity index (χ1v) is 10.7. The maximum absolute atomic E-state index is 12.8. The second-order valence-electron chi connectivity index (χ2n) is 8.46. The highest BCUT2D eigenvalue weighted by molar-refractivity contribution is 5.99. The van der Waals surface area contributed by atoms with Crippen molar-refractivity contribution in [2.24, 2.45) is 5.92 Å². The SMILES string of the molecule is CC(C)c1nc(C(=O)NCC2CCN(C3CCOCC3)CC2)c2ccccn12. The Bertz CT molecular complexity index is 802. The summed E-state index contributed by atoms with van der Waals surface area (Å²) >= 11 is 0. The van der Waals surface area contributed by atoms with Crippen LogP contribution in [0.3, 0.4) is 0 Å². The van der Waals surface area contributed by atoms with Crippen LogP contribution in [-0.4, -0.2) is 59.1 Å². The minimum Gasteiger partial charge on any atom is -0.381 e. The van der Waals surface area contributed by atoms with Crippen LogP contribution in [0.2, 0.25) is 0 Å². The van der Waals surface area contributed by atoms with Gasteiger partial charge in [0.2, 0.25) is 0 Å². The van der Waals surface area contributed by atoms with Crippen LogP contribution in [-0.2, 0) is 4.74 Å². The van der Waals surface area contributed by atoms with Gasteiger partial charge in [-0.25, -0.2) is 4.98 Å². The van der Waals surface area contributed by atoms with Gasteiger partial charge in [0, 0.05) is 37.9 Å². The number of amides is 1. The number of hydrogen-bond donors (Lipinski definition) is 1. The van der Waals surface area contributed by atoms with E-state index < -0.39 is 0 Å². The van der Waals surface area contributed by atoms with Crippen molar-refractivity contribution in [2.45, 2.75) is 51.5 Å². The smallest absolute Gasteiger partial charge is 0.272 e. The van der Waals surface area contributed by atoms with Gasteiger partial charge in [-0.2, -0.15) is 0 Å². The molecule has 0 bridgehead atoms. The lowest BCUT2D eigenvalue weighted by Crippen LogP contribution is -2.45. The number of pyridine rings is 1. The summed E-state index contributed by atoms with van der Waals surface area (Å²) in [6.07, 6.45) is 6.61. The van der Waals surface area contributed by atoms with Crippen LogP contribution in [0.1, 0.15) is 61.8 Å². The van der Waals surface area contributed by atoms with Gasteiger partial charge in [-0.1, -0.05) is 19.9 Å². The molecular weight excluding hydrogens is 352 g/mol. The lowest BCUT2D eigenvalue weighted by molar-refractivity contribution is 0.0211. The molecule has 2 fully saturated rings. The van der Waals surface area contributed by atoms with E-state index in [4.69, 9.17) is 4.74 Å². The predicted octanol–water partition coefficient (Wildman–Crippen LogP) is 3.08. The van der Waals surface area contributed by atoms with Crippen molar-refractivity contribution in [3.05, 3.63) is 35.9 Å². The molecule has 0 atom stereocenters. The van der Waals surface area contributed by atoms with E-state index in [0.717, 1.165) is 69.9 Å². The Morgan fingerprint density at radius 2 is 1.96 bits per heavy atom. The van der Waals surface area contributed by atoms with Crippen LogP contribution in [0.4, 0.5) is 0 Å². The van der Waals surface area contributed by atoms with Gasteiger partial charge in [0.05, 0.1) is 5.52 Å². The molecular formula is C22H32N4O2. The van der Waals surface area contributed by atoms with Gasteiger partial charge in [0.25, 0.3) is 5.91 Å². The fraction of sp³-hybridized carbons (Fsp3) is 0.636. The summed E-state index contributed by atoms with van der Waals surface area (Å²) in [5.74, 6) is 1.71. The number of imidazole rings is 1. The average Bonchev–Trinajstić information content (AvgIpc) is 3.13. The Morgan fingerprint density at radius 1 is 1.21 bits per heavy atom. The normalized spacial score (nSPS) is 20.1. The number of fused-ring (bicyclic) bond motifs is 1. The Morgan fingerprint density at radius 3 is 2.68 bits per heavy atom. The molecule has 2 aromatic heterocycles. The Labute approximate surface area is 167 Å². The monoisotopic (exact) mass is 384 g/mol. The zero-order chi connectivity index (χ0) is 19.5. The molecule has 2 aliphatic rings. The average molecular weight is 385 g/mol. The van der Waals surface area contributed by atoms with Crippen molar-refractivity contribution in [3.8, 4) is 0 Å². The maximum Gasteiger partial charge on any atom is 0.272 e. The Balaban J connectivity index is 1.33. The minimum atomic E-state index is -0.0533. The van der Waals surface area contributed by atoms with Crippen molar-refractivity contribution in [1.82, 2.24) is 19.6 Å². The van der Waals surface area contributed by atoms with Crippen LogP contribution in [0.25, 0.3) is 5.52 Å². The molecule has 6 nitrogen and oxygen atoms in total. The van der Waals surface area contributed by atoms with E-state index >= 15 is 0 Å². The predicted molar refractivity (Wildman–Crippen MR) is 110 cm³/mol. The summed E-state index contributed by atoms with van der Waals surface area (Å²) in [5, 5.41) is 3.15. The van der Waals surface area contributed by atoms with Gasteiger partial charge >= 0.3 is 0 Å².